The zero-order chi connectivity index (χ0) is 15.4. The molecule has 6 heteroatoms. The fraction of sp³-hybridized carbons (Fsp3) is 0. The molecule has 0 aliphatic heterocycles. The number of benzene rings is 2. The monoisotopic (exact) mass is 386 g/mol. The Labute approximate surface area is 139 Å². The van der Waals surface area contributed by atoms with Crippen molar-refractivity contribution >= 4 is 51.2 Å². The van der Waals surface area contributed by atoms with E-state index in [0.29, 0.717) is 27.1 Å². The molecule has 2 aromatic carbocycles. The summed E-state index contributed by atoms with van der Waals surface area (Å²) < 4.78 is 6.55. The Morgan fingerprint density at radius 2 is 1.95 bits per heavy atom. The van der Waals surface area contributed by atoms with Crippen molar-refractivity contribution in [3.8, 4) is 11.5 Å². The third-order valence-corrected chi connectivity index (χ3v) is 3.60. The van der Waals surface area contributed by atoms with Gasteiger partial charge in [0.1, 0.15) is 5.75 Å². The van der Waals surface area contributed by atoms with Crippen LogP contribution in [0.5, 0.6) is 11.5 Å². The number of carboxylic acids is 1. The summed E-state index contributed by atoms with van der Waals surface area (Å²) in [7, 11) is 0. The number of carboxylic acid groups (broad SMARTS) is 1. The molecule has 0 bridgehead atoms. The second-order valence-corrected chi connectivity index (χ2v) is 5.74. The molecule has 0 heterocycles. The standard InChI is InChI=1S/C15H9BrCl2O3/c16-10-5-6-13(12(18)8-10)21-15-9(4-7-14(19)20)2-1-3-11(15)17/h1-8H,(H,19,20)/b7-4+. The topological polar surface area (TPSA) is 46.5 Å². The van der Waals surface area contributed by atoms with Crippen LogP contribution in [0.25, 0.3) is 6.08 Å². The van der Waals surface area contributed by atoms with E-state index in [-0.39, 0.29) is 0 Å². The van der Waals surface area contributed by atoms with Gasteiger partial charge in [0.15, 0.2) is 5.75 Å². The van der Waals surface area contributed by atoms with Gasteiger partial charge in [0.05, 0.1) is 10.0 Å². The second-order valence-electron chi connectivity index (χ2n) is 4.01. The van der Waals surface area contributed by atoms with Crippen LogP contribution >= 0.6 is 39.1 Å². The fourth-order valence-corrected chi connectivity index (χ4v) is 2.53. The van der Waals surface area contributed by atoms with Gasteiger partial charge in [-0.25, -0.2) is 4.79 Å². The summed E-state index contributed by atoms with van der Waals surface area (Å²) in [5, 5.41) is 9.49. The maximum absolute atomic E-state index is 10.6. The number of carbonyl (C=O) groups is 1. The zero-order valence-corrected chi connectivity index (χ0v) is 13.6. The van der Waals surface area contributed by atoms with E-state index in [2.05, 4.69) is 15.9 Å². The van der Waals surface area contributed by atoms with Crippen LogP contribution in [0.4, 0.5) is 0 Å². The zero-order valence-electron chi connectivity index (χ0n) is 10.5. The molecule has 0 aliphatic carbocycles. The highest BCUT2D eigenvalue weighted by molar-refractivity contribution is 9.10. The quantitative estimate of drug-likeness (QED) is 0.690. The Morgan fingerprint density at radius 1 is 1.19 bits per heavy atom. The summed E-state index contributed by atoms with van der Waals surface area (Å²) in [5.74, 6) is -0.276. The number of aliphatic carboxylic acids is 1. The SMILES string of the molecule is O=C(O)/C=C/c1cccc(Cl)c1Oc1ccc(Br)cc1Cl. The number of rotatable bonds is 4. The van der Waals surface area contributed by atoms with Crippen molar-refractivity contribution in [3.05, 3.63) is 62.6 Å². The van der Waals surface area contributed by atoms with Gasteiger partial charge in [-0.05, 0) is 30.3 Å². The summed E-state index contributed by atoms with van der Waals surface area (Å²) in [5.41, 5.74) is 0.545. The van der Waals surface area contributed by atoms with Crippen LogP contribution in [0, 0.1) is 0 Å². The highest BCUT2D eigenvalue weighted by Crippen LogP contribution is 2.37. The van der Waals surface area contributed by atoms with Gasteiger partial charge in [0.2, 0.25) is 0 Å². The van der Waals surface area contributed by atoms with Crippen molar-refractivity contribution in [2.75, 3.05) is 0 Å². The lowest BCUT2D eigenvalue weighted by Gasteiger charge is -2.12. The molecule has 21 heavy (non-hydrogen) atoms. The highest BCUT2D eigenvalue weighted by atomic mass is 79.9. The molecule has 0 aromatic heterocycles. The molecule has 108 valence electrons. The second kappa shape index (κ2) is 6.98. The summed E-state index contributed by atoms with van der Waals surface area (Å²) in [6, 6.07) is 10.2. The van der Waals surface area contributed by atoms with Crippen molar-refractivity contribution in [2.24, 2.45) is 0 Å². The third kappa shape index (κ3) is 4.24. The van der Waals surface area contributed by atoms with E-state index in [1.807, 2.05) is 0 Å². The molecule has 3 nitrogen and oxygen atoms in total. The molecule has 0 atom stereocenters. The van der Waals surface area contributed by atoms with Crippen molar-refractivity contribution in [1.29, 1.82) is 0 Å². The first kappa shape index (κ1) is 15.9. The van der Waals surface area contributed by atoms with E-state index in [1.54, 1.807) is 36.4 Å². The predicted molar refractivity (Wildman–Crippen MR) is 87.3 cm³/mol. The van der Waals surface area contributed by atoms with Crippen molar-refractivity contribution < 1.29 is 14.6 Å². The molecule has 0 amide bonds. The molecule has 0 radical (unpaired) electrons. The lowest BCUT2D eigenvalue weighted by Crippen LogP contribution is -1.91. The van der Waals surface area contributed by atoms with Crippen LogP contribution < -0.4 is 4.74 Å². The van der Waals surface area contributed by atoms with Crippen molar-refractivity contribution in [3.63, 3.8) is 0 Å². The van der Waals surface area contributed by atoms with E-state index in [9.17, 15) is 4.79 Å². The molecular formula is C15H9BrCl2O3. The molecule has 0 saturated heterocycles. The van der Waals surface area contributed by atoms with Gasteiger partial charge in [-0.3, -0.25) is 0 Å². The molecule has 0 fully saturated rings. The van der Waals surface area contributed by atoms with E-state index in [4.69, 9.17) is 33.0 Å². The molecule has 2 aromatic rings. The lowest BCUT2D eigenvalue weighted by molar-refractivity contribution is -0.131. The normalized spacial score (nSPS) is 10.8. The van der Waals surface area contributed by atoms with E-state index >= 15 is 0 Å². The van der Waals surface area contributed by atoms with Gasteiger partial charge in [-0.1, -0.05) is 51.3 Å². The van der Waals surface area contributed by atoms with Gasteiger partial charge >= 0.3 is 5.97 Å². The van der Waals surface area contributed by atoms with E-state index < -0.39 is 5.97 Å². The van der Waals surface area contributed by atoms with Crippen molar-refractivity contribution in [1.82, 2.24) is 0 Å². The van der Waals surface area contributed by atoms with Crippen LogP contribution in [-0.4, -0.2) is 11.1 Å². The molecule has 0 spiro atoms. The van der Waals surface area contributed by atoms with Crippen LogP contribution in [0.2, 0.25) is 10.0 Å². The van der Waals surface area contributed by atoms with Gasteiger partial charge in [-0.15, -0.1) is 0 Å². The molecule has 0 saturated carbocycles. The first-order valence-electron chi connectivity index (χ1n) is 5.80. The number of hydrogen-bond donors (Lipinski definition) is 1. The minimum absolute atomic E-state index is 0.348. The lowest BCUT2D eigenvalue weighted by atomic mass is 10.2. The van der Waals surface area contributed by atoms with Gasteiger partial charge in [0.25, 0.3) is 0 Å². The summed E-state index contributed by atoms with van der Waals surface area (Å²) in [6.07, 6.45) is 2.43. The van der Waals surface area contributed by atoms with E-state index in [1.165, 1.54) is 6.08 Å². The van der Waals surface area contributed by atoms with Crippen LogP contribution in [-0.2, 0) is 4.79 Å². The number of hydrogen-bond acceptors (Lipinski definition) is 2. The average Bonchev–Trinajstić information content (AvgIpc) is 2.42. The van der Waals surface area contributed by atoms with Crippen LogP contribution in [0.1, 0.15) is 5.56 Å². The van der Waals surface area contributed by atoms with E-state index in [0.717, 1.165) is 10.5 Å². The minimum atomic E-state index is -1.05. The first-order valence-corrected chi connectivity index (χ1v) is 7.34. The average molecular weight is 388 g/mol. The van der Waals surface area contributed by atoms with Crippen molar-refractivity contribution in [2.45, 2.75) is 0 Å². The highest BCUT2D eigenvalue weighted by Gasteiger charge is 2.10. The Morgan fingerprint density at radius 3 is 2.62 bits per heavy atom. The smallest absolute Gasteiger partial charge is 0.328 e. The maximum atomic E-state index is 10.6. The van der Waals surface area contributed by atoms with Gasteiger partial charge in [-0.2, -0.15) is 0 Å². The number of para-hydroxylation sites is 1. The summed E-state index contributed by atoms with van der Waals surface area (Å²) >= 11 is 15.5. The largest absolute Gasteiger partial charge is 0.478 e. The fourth-order valence-electron chi connectivity index (χ4n) is 1.59. The van der Waals surface area contributed by atoms with Gasteiger partial charge in [0, 0.05) is 16.1 Å². The van der Waals surface area contributed by atoms with Crippen LogP contribution in [0.3, 0.4) is 0 Å². The van der Waals surface area contributed by atoms with Gasteiger partial charge < -0.3 is 9.84 Å². The first-order chi connectivity index (χ1) is 9.97. The maximum Gasteiger partial charge on any atom is 0.328 e. The Hall–Kier alpha value is -1.49. The number of halogens is 3. The molecule has 2 rings (SSSR count). The minimum Gasteiger partial charge on any atom is -0.478 e. The molecule has 1 N–H and O–H groups in total. The Balaban J connectivity index is 2.41. The summed E-state index contributed by atoms with van der Waals surface area (Å²) in [6.45, 7) is 0. The Bertz CT molecular complexity index is 714. The third-order valence-electron chi connectivity index (χ3n) is 2.51. The predicted octanol–water partition coefficient (Wildman–Crippen LogP) is 5.65. The summed E-state index contributed by atoms with van der Waals surface area (Å²) in [4.78, 5) is 10.6. The molecular weight excluding hydrogens is 379 g/mol. The number of ether oxygens (including phenoxy) is 1. The molecule has 0 unspecified atom stereocenters. The van der Waals surface area contributed by atoms with Crippen LogP contribution in [0.15, 0.2) is 46.9 Å². The Kier molecular flexibility index (Phi) is 5.28. The molecule has 0 aliphatic rings.